The number of carbonyl (C=O) groups excluding carboxylic acids is 1. The Morgan fingerprint density at radius 1 is 1.20 bits per heavy atom. The number of pyridine rings is 2. The minimum atomic E-state index is -0.317. The number of hydrogen-bond acceptors (Lipinski definition) is 5. The molecule has 0 aliphatic heterocycles. The van der Waals surface area contributed by atoms with Gasteiger partial charge in [0.25, 0.3) is 5.91 Å². The first-order chi connectivity index (χ1) is 9.69. The van der Waals surface area contributed by atoms with Crippen LogP contribution in [0.15, 0.2) is 36.7 Å². The first-order valence-corrected chi connectivity index (χ1v) is 6.27. The summed E-state index contributed by atoms with van der Waals surface area (Å²) in [5, 5.41) is 3.10. The molecule has 0 spiro atoms. The second-order valence-corrected chi connectivity index (χ2v) is 4.11. The van der Waals surface area contributed by atoms with Gasteiger partial charge < -0.3 is 5.32 Å². The molecule has 2 N–H and O–H groups in total. The minimum Gasteiger partial charge on any atom is -0.339 e. The Balaban J connectivity index is 2.01. The number of hydroxylamine groups is 1. The lowest BCUT2D eigenvalue weighted by molar-refractivity contribution is 0.0364. The zero-order valence-electron chi connectivity index (χ0n) is 11.4. The number of aryl methyl sites for hydroxylation is 1. The molecule has 20 heavy (non-hydrogen) atoms. The highest BCUT2D eigenvalue weighted by atomic mass is 16.6. The fourth-order valence-corrected chi connectivity index (χ4v) is 1.49. The van der Waals surface area contributed by atoms with E-state index in [9.17, 15) is 4.79 Å². The van der Waals surface area contributed by atoms with E-state index in [-0.39, 0.29) is 5.91 Å². The van der Waals surface area contributed by atoms with E-state index in [1.54, 1.807) is 25.3 Å². The Hall–Kier alpha value is -2.47. The number of nitrogens with one attached hydrogen (secondary N) is 2. The summed E-state index contributed by atoms with van der Waals surface area (Å²) in [5.41, 5.74) is 4.54. The van der Waals surface area contributed by atoms with Crippen molar-refractivity contribution in [2.45, 2.75) is 13.8 Å². The van der Waals surface area contributed by atoms with E-state index >= 15 is 0 Å². The highest BCUT2D eigenvalue weighted by Crippen LogP contribution is 2.13. The molecular weight excluding hydrogens is 256 g/mol. The molecule has 2 aromatic heterocycles. The van der Waals surface area contributed by atoms with Crippen molar-refractivity contribution in [2.24, 2.45) is 0 Å². The fourth-order valence-electron chi connectivity index (χ4n) is 1.49. The van der Waals surface area contributed by atoms with Crippen molar-refractivity contribution in [2.75, 3.05) is 11.9 Å². The van der Waals surface area contributed by atoms with Crippen LogP contribution in [0.2, 0.25) is 0 Å². The quantitative estimate of drug-likeness (QED) is 0.816. The van der Waals surface area contributed by atoms with Crippen LogP contribution in [0.3, 0.4) is 0 Å². The van der Waals surface area contributed by atoms with Gasteiger partial charge in [-0.2, -0.15) is 0 Å². The Morgan fingerprint density at radius 2 is 2.05 bits per heavy atom. The molecule has 0 aliphatic rings. The monoisotopic (exact) mass is 272 g/mol. The van der Waals surface area contributed by atoms with Crippen LogP contribution in [0.25, 0.3) is 0 Å². The van der Waals surface area contributed by atoms with Crippen molar-refractivity contribution in [3.05, 3.63) is 47.9 Å². The third kappa shape index (κ3) is 3.76. The van der Waals surface area contributed by atoms with Gasteiger partial charge in [-0.25, -0.2) is 10.5 Å². The lowest BCUT2D eigenvalue weighted by atomic mass is 10.2. The molecule has 0 atom stereocenters. The molecule has 6 heteroatoms. The van der Waals surface area contributed by atoms with Gasteiger partial charge in [0.15, 0.2) is 0 Å². The van der Waals surface area contributed by atoms with Gasteiger partial charge in [-0.15, -0.1) is 0 Å². The van der Waals surface area contributed by atoms with E-state index in [4.69, 9.17) is 4.84 Å². The maximum absolute atomic E-state index is 11.6. The number of hydrogen-bond donors (Lipinski definition) is 2. The smallest absolute Gasteiger partial charge is 0.276 e. The molecule has 0 bridgehead atoms. The van der Waals surface area contributed by atoms with Crippen LogP contribution in [0.4, 0.5) is 11.5 Å². The van der Waals surface area contributed by atoms with Crippen molar-refractivity contribution in [1.29, 1.82) is 0 Å². The summed E-state index contributed by atoms with van der Waals surface area (Å²) < 4.78 is 0. The average Bonchev–Trinajstić information content (AvgIpc) is 2.48. The zero-order valence-corrected chi connectivity index (χ0v) is 11.4. The summed E-state index contributed by atoms with van der Waals surface area (Å²) in [4.78, 5) is 24.8. The number of anilines is 2. The van der Waals surface area contributed by atoms with Crippen LogP contribution in [-0.2, 0) is 4.84 Å². The van der Waals surface area contributed by atoms with Crippen LogP contribution < -0.4 is 10.8 Å². The van der Waals surface area contributed by atoms with Gasteiger partial charge in [0.2, 0.25) is 0 Å². The SMILES string of the molecule is CCONC(=O)c1ccc(Nc2ccc(C)nc2)nc1. The second kappa shape index (κ2) is 6.63. The van der Waals surface area contributed by atoms with Gasteiger partial charge in [-0.3, -0.25) is 14.6 Å². The molecule has 6 nitrogen and oxygen atoms in total. The molecule has 0 radical (unpaired) electrons. The Morgan fingerprint density at radius 3 is 2.65 bits per heavy atom. The largest absolute Gasteiger partial charge is 0.339 e. The van der Waals surface area contributed by atoms with Crippen LogP contribution in [0, 0.1) is 6.92 Å². The highest BCUT2D eigenvalue weighted by Gasteiger charge is 2.05. The molecule has 0 aliphatic carbocycles. The summed E-state index contributed by atoms with van der Waals surface area (Å²) in [5.74, 6) is 0.325. The van der Waals surface area contributed by atoms with Crippen molar-refractivity contribution in [3.8, 4) is 0 Å². The Labute approximate surface area is 117 Å². The zero-order chi connectivity index (χ0) is 14.4. The highest BCUT2D eigenvalue weighted by molar-refractivity contribution is 5.93. The van der Waals surface area contributed by atoms with Crippen molar-refractivity contribution < 1.29 is 9.63 Å². The molecular formula is C14H16N4O2. The summed E-state index contributed by atoms with van der Waals surface area (Å²) in [7, 11) is 0. The Kier molecular flexibility index (Phi) is 4.62. The molecule has 104 valence electrons. The van der Waals surface area contributed by atoms with E-state index in [0.717, 1.165) is 11.4 Å². The molecule has 2 rings (SSSR count). The predicted molar refractivity (Wildman–Crippen MR) is 75.6 cm³/mol. The molecule has 0 unspecified atom stereocenters. The molecule has 0 saturated heterocycles. The van der Waals surface area contributed by atoms with E-state index in [1.807, 2.05) is 19.1 Å². The normalized spacial score (nSPS) is 10.1. The van der Waals surface area contributed by atoms with Gasteiger partial charge in [0.05, 0.1) is 24.1 Å². The second-order valence-electron chi connectivity index (χ2n) is 4.11. The third-order valence-electron chi connectivity index (χ3n) is 2.52. The van der Waals surface area contributed by atoms with Crippen LogP contribution in [0.5, 0.6) is 0 Å². The molecule has 0 saturated carbocycles. The van der Waals surface area contributed by atoms with E-state index in [0.29, 0.717) is 18.0 Å². The minimum absolute atomic E-state index is 0.317. The Bertz CT molecular complexity index is 567. The van der Waals surface area contributed by atoms with E-state index < -0.39 is 0 Å². The first-order valence-electron chi connectivity index (χ1n) is 6.27. The molecule has 0 fully saturated rings. The molecule has 1 amide bonds. The average molecular weight is 272 g/mol. The third-order valence-corrected chi connectivity index (χ3v) is 2.52. The number of carbonyl (C=O) groups is 1. The number of aromatic nitrogens is 2. The van der Waals surface area contributed by atoms with E-state index in [2.05, 4.69) is 20.8 Å². The number of amides is 1. The van der Waals surface area contributed by atoms with E-state index in [1.165, 1.54) is 6.20 Å². The molecule has 2 aromatic rings. The van der Waals surface area contributed by atoms with Gasteiger partial charge in [0.1, 0.15) is 5.82 Å². The van der Waals surface area contributed by atoms with Crippen LogP contribution in [0.1, 0.15) is 23.0 Å². The lowest BCUT2D eigenvalue weighted by Crippen LogP contribution is -2.23. The number of rotatable bonds is 5. The molecule has 0 aromatic carbocycles. The maximum Gasteiger partial charge on any atom is 0.276 e. The van der Waals surface area contributed by atoms with Crippen LogP contribution in [-0.4, -0.2) is 22.5 Å². The van der Waals surface area contributed by atoms with Gasteiger partial charge in [-0.1, -0.05) is 0 Å². The summed E-state index contributed by atoms with van der Waals surface area (Å²) in [6, 6.07) is 7.22. The van der Waals surface area contributed by atoms with Gasteiger partial charge in [-0.05, 0) is 38.1 Å². The van der Waals surface area contributed by atoms with Gasteiger partial charge in [0, 0.05) is 11.9 Å². The first kappa shape index (κ1) is 14.0. The summed E-state index contributed by atoms with van der Waals surface area (Å²) >= 11 is 0. The number of nitrogens with zero attached hydrogens (tertiary/aromatic N) is 2. The van der Waals surface area contributed by atoms with Crippen molar-refractivity contribution in [3.63, 3.8) is 0 Å². The summed E-state index contributed by atoms with van der Waals surface area (Å²) in [6.07, 6.45) is 3.21. The van der Waals surface area contributed by atoms with Gasteiger partial charge >= 0.3 is 0 Å². The predicted octanol–water partition coefficient (Wildman–Crippen LogP) is 2.21. The summed E-state index contributed by atoms with van der Waals surface area (Å²) in [6.45, 7) is 4.13. The standard InChI is InChI=1S/C14H16N4O2/c1-3-20-18-14(19)11-5-7-13(16-8-11)17-12-6-4-10(2)15-9-12/h4-9H,3H2,1-2H3,(H,16,17)(H,18,19). The van der Waals surface area contributed by atoms with Crippen LogP contribution >= 0.6 is 0 Å². The fraction of sp³-hybridized carbons (Fsp3) is 0.214. The maximum atomic E-state index is 11.6. The lowest BCUT2D eigenvalue weighted by Gasteiger charge is -2.07. The topological polar surface area (TPSA) is 76.1 Å². The molecule has 2 heterocycles. The van der Waals surface area contributed by atoms with Crippen molar-refractivity contribution >= 4 is 17.4 Å². The van der Waals surface area contributed by atoms with Crippen molar-refractivity contribution in [1.82, 2.24) is 15.4 Å².